The van der Waals surface area contributed by atoms with Crippen LogP contribution >= 0.6 is 0 Å². The van der Waals surface area contributed by atoms with Crippen molar-refractivity contribution in [3.05, 3.63) is 0 Å². The molecular weight excluding hydrogens is 76.1 g/mol. The van der Waals surface area contributed by atoms with Gasteiger partial charge in [0.1, 0.15) is 5.78 Å². The summed E-state index contributed by atoms with van der Waals surface area (Å²) in [4.78, 5) is 10.1. The summed E-state index contributed by atoms with van der Waals surface area (Å²) in [5, 5.41) is 0. The fraction of sp³-hybridized carbons (Fsp3) is 0.800. The predicted molar refractivity (Wildman–Crippen MR) is 25.6 cm³/mol. The van der Waals surface area contributed by atoms with Crippen LogP contribution in [0.3, 0.4) is 0 Å². The standard InChI is InChI=1S/C5H10O/c1-3-4-5(2)6/h3-4H2,1-2H3/i1D. The van der Waals surface area contributed by atoms with E-state index in [1.165, 1.54) is 0 Å². The Morgan fingerprint density at radius 1 is 2.00 bits per heavy atom. The molecule has 0 saturated heterocycles. The Morgan fingerprint density at radius 3 is 2.83 bits per heavy atom. The molecule has 0 spiro atoms. The Bertz CT molecular complexity index is 61.1. The van der Waals surface area contributed by atoms with Gasteiger partial charge >= 0.3 is 0 Å². The Kier molecular flexibility index (Phi) is 1.85. The van der Waals surface area contributed by atoms with Gasteiger partial charge in [-0.25, -0.2) is 0 Å². The summed E-state index contributed by atoms with van der Waals surface area (Å²) in [6.07, 6.45) is 1.29. The van der Waals surface area contributed by atoms with Gasteiger partial charge in [-0.1, -0.05) is 6.90 Å². The van der Waals surface area contributed by atoms with Crippen LogP contribution in [0, 0.1) is 0 Å². The van der Waals surface area contributed by atoms with Gasteiger partial charge in [0, 0.05) is 7.79 Å². The quantitative estimate of drug-likeness (QED) is 0.497. The number of ketones is 1. The third-order valence-corrected chi connectivity index (χ3v) is 0.529. The first-order chi connectivity index (χ1) is 3.27. The molecule has 6 heavy (non-hydrogen) atoms. The highest BCUT2D eigenvalue weighted by molar-refractivity contribution is 5.75. The summed E-state index contributed by atoms with van der Waals surface area (Å²) in [7, 11) is 0. The van der Waals surface area contributed by atoms with Gasteiger partial charge in [0.2, 0.25) is 0 Å². The van der Waals surface area contributed by atoms with Gasteiger partial charge in [0.15, 0.2) is 0 Å². The first-order valence-corrected chi connectivity index (χ1v) is 2.06. The molecule has 0 aromatic rings. The van der Waals surface area contributed by atoms with Crippen LogP contribution < -0.4 is 0 Å². The lowest BCUT2D eigenvalue weighted by Gasteiger charge is -1.80. The van der Waals surface area contributed by atoms with E-state index in [9.17, 15) is 4.79 Å². The largest absolute Gasteiger partial charge is 0.300 e. The average Bonchev–Trinajstić information content (AvgIpc) is 1.61. The summed E-state index contributed by atoms with van der Waals surface area (Å²) in [6.45, 7) is 1.93. The van der Waals surface area contributed by atoms with Crippen molar-refractivity contribution in [3.8, 4) is 0 Å². The lowest BCUT2D eigenvalue weighted by molar-refractivity contribution is -0.117. The zero-order valence-corrected chi connectivity index (χ0v) is 4.03. The molecule has 0 atom stereocenters. The molecule has 0 aliphatic carbocycles. The Hall–Kier alpha value is -0.330. The third-order valence-electron chi connectivity index (χ3n) is 0.529. The molecule has 1 nitrogen and oxygen atoms in total. The van der Waals surface area contributed by atoms with Crippen LogP contribution in [0.2, 0.25) is 0 Å². The summed E-state index contributed by atoms with van der Waals surface area (Å²) in [5.74, 6) is 0.187. The number of hydrogen-bond acceptors (Lipinski definition) is 1. The summed E-state index contributed by atoms with van der Waals surface area (Å²) >= 11 is 0. The Morgan fingerprint density at radius 2 is 2.67 bits per heavy atom. The van der Waals surface area contributed by atoms with Crippen molar-refractivity contribution < 1.29 is 6.17 Å². The van der Waals surface area contributed by atoms with Crippen molar-refractivity contribution in [2.75, 3.05) is 0 Å². The van der Waals surface area contributed by atoms with Crippen LogP contribution in [0.1, 0.15) is 28.0 Å². The average molecular weight is 87.1 g/mol. The van der Waals surface area contributed by atoms with Crippen LogP contribution in [-0.2, 0) is 4.79 Å². The Labute approximate surface area is 39.8 Å². The minimum atomic E-state index is 0.187. The molecular formula is C5H10O. The summed E-state index contributed by atoms with van der Waals surface area (Å²) in [6, 6.07) is 0. The number of rotatable bonds is 2. The fourth-order valence-electron chi connectivity index (χ4n) is 0.249. The van der Waals surface area contributed by atoms with Gasteiger partial charge in [-0.2, -0.15) is 0 Å². The number of carbonyl (C=O) groups is 1. The predicted octanol–water partition coefficient (Wildman–Crippen LogP) is 1.38. The minimum Gasteiger partial charge on any atom is -0.300 e. The molecule has 0 saturated carbocycles. The molecule has 0 rings (SSSR count). The molecule has 0 aliphatic rings. The highest BCUT2D eigenvalue weighted by Crippen LogP contribution is 1.84. The van der Waals surface area contributed by atoms with E-state index in [-0.39, 0.29) is 5.78 Å². The molecule has 0 heterocycles. The van der Waals surface area contributed by atoms with Gasteiger partial charge in [0.05, 0.1) is 0 Å². The second-order valence-electron chi connectivity index (χ2n) is 1.31. The van der Waals surface area contributed by atoms with E-state index in [2.05, 4.69) is 0 Å². The van der Waals surface area contributed by atoms with Crippen molar-refractivity contribution in [3.63, 3.8) is 0 Å². The van der Waals surface area contributed by atoms with Gasteiger partial charge in [-0.15, -0.1) is 0 Å². The van der Waals surface area contributed by atoms with Gasteiger partial charge < -0.3 is 4.79 Å². The molecule has 0 unspecified atom stereocenters. The first-order valence-electron chi connectivity index (χ1n) is 2.76. The second kappa shape index (κ2) is 2.88. The van der Waals surface area contributed by atoms with E-state index in [0.717, 1.165) is 6.42 Å². The number of carbonyl (C=O) groups excluding carboxylic acids is 1. The van der Waals surface area contributed by atoms with Gasteiger partial charge in [0.25, 0.3) is 0 Å². The molecule has 0 aromatic carbocycles. The zero-order valence-electron chi connectivity index (χ0n) is 5.03. The first kappa shape index (κ1) is 3.85. The molecule has 0 N–H and O–H groups in total. The molecule has 0 fully saturated rings. The van der Waals surface area contributed by atoms with Crippen LogP contribution in [-0.4, -0.2) is 5.78 Å². The van der Waals surface area contributed by atoms with Crippen LogP contribution in [0.15, 0.2) is 0 Å². The van der Waals surface area contributed by atoms with Crippen molar-refractivity contribution in [1.82, 2.24) is 0 Å². The molecule has 0 aliphatic heterocycles. The van der Waals surface area contributed by atoms with E-state index in [4.69, 9.17) is 1.37 Å². The van der Waals surface area contributed by atoms with Crippen LogP contribution in [0.5, 0.6) is 0 Å². The van der Waals surface area contributed by atoms with Crippen LogP contribution in [0.4, 0.5) is 0 Å². The Balaban J connectivity index is 2.82. The van der Waals surface area contributed by atoms with Crippen molar-refractivity contribution in [2.24, 2.45) is 0 Å². The summed E-state index contributed by atoms with van der Waals surface area (Å²) in [5.41, 5.74) is 0. The minimum absolute atomic E-state index is 0.187. The van der Waals surface area contributed by atoms with E-state index >= 15 is 0 Å². The normalized spacial score (nSPS) is 10.5. The van der Waals surface area contributed by atoms with Crippen molar-refractivity contribution in [1.29, 1.82) is 0 Å². The SMILES string of the molecule is [2H]CCCC(C)=O. The summed E-state index contributed by atoms with van der Waals surface area (Å²) < 4.78 is 6.64. The fourth-order valence-corrected chi connectivity index (χ4v) is 0.249. The van der Waals surface area contributed by atoms with Gasteiger partial charge in [-0.3, -0.25) is 0 Å². The molecule has 0 aromatic heterocycles. The lowest BCUT2D eigenvalue weighted by atomic mass is 10.3. The second-order valence-corrected chi connectivity index (χ2v) is 1.31. The maximum absolute atomic E-state index is 10.1. The lowest BCUT2D eigenvalue weighted by Crippen LogP contribution is -1.84. The van der Waals surface area contributed by atoms with E-state index in [1.54, 1.807) is 6.92 Å². The maximum Gasteiger partial charge on any atom is 0.129 e. The van der Waals surface area contributed by atoms with E-state index < -0.39 is 0 Å². The molecule has 0 bridgehead atoms. The highest BCUT2D eigenvalue weighted by Gasteiger charge is 1.83. The maximum atomic E-state index is 10.1. The number of hydrogen-bond donors (Lipinski definition) is 0. The van der Waals surface area contributed by atoms with Crippen LogP contribution in [0.25, 0.3) is 0 Å². The van der Waals surface area contributed by atoms with E-state index in [1.807, 2.05) is 0 Å². The van der Waals surface area contributed by atoms with Gasteiger partial charge in [-0.05, 0) is 13.3 Å². The van der Waals surface area contributed by atoms with Crippen molar-refractivity contribution in [2.45, 2.75) is 26.7 Å². The topological polar surface area (TPSA) is 17.1 Å². The van der Waals surface area contributed by atoms with E-state index in [0.29, 0.717) is 13.3 Å². The van der Waals surface area contributed by atoms with Crippen molar-refractivity contribution >= 4 is 5.78 Å². The third kappa shape index (κ3) is 3.67. The molecule has 0 amide bonds. The molecule has 1 heteroatoms. The monoisotopic (exact) mass is 87.1 g/mol. The highest BCUT2D eigenvalue weighted by atomic mass is 16.1. The zero-order chi connectivity index (χ0) is 5.70. The smallest absolute Gasteiger partial charge is 0.129 e. The molecule has 0 radical (unpaired) electrons. The number of Topliss-reactive ketones (excluding diaryl/α,β-unsaturated/α-hetero) is 1. The molecule has 36 valence electrons.